The number of aliphatic carboxylic acids is 1. The van der Waals surface area contributed by atoms with Crippen LogP contribution in [0.25, 0.3) is 0 Å². The predicted octanol–water partition coefficient (Wildman–Crippen LogP) is 5.86. The Morgan fingerprint density at radius 1 is 0.674 bits per heavy atom. The van der Waals surface area contributed by atoms with Crippen LogP contribution in [0.3, 0.4) is 0 Å². The Hall–Kier alpha value is -4.12. The maximum atomic E-state index is 11.4. The molecule has 11 heteroatoms. The van der Waals surface area contributed by atoms with Gasteiger partial charge in [-0.1, -0.05) is 67.5 Å². The Labute approximate surface area is 258 Å². The molecule has 0 bridgehead atoms. The van der Waals surface area contributed by atoms with Gasteiger partial charge in [0.05, 0.1) is 20.8 Å². The summed E-state index contributed by atoms with van der Waals surface area (Å²) in [6, 6.07) is 9.88. The number of carboxylic acids is 1. The van der Waals surface area contributed by atoms with Crippen molar-refractivity contribution in [3.63, 3.8) is 0 Å². The number of carbonyl (C=O) groups is 4. The second kappa shape index (κ2) is 34.1. The monoisotopic (exact) mass is 612 g/mol. The number of amides is 2. The van der Waals surface area contributed by atoms with Crippen molar-refractivity contribution in [1.82, 2.24) is 10.6 Å². The van der Waals surface area contributed by atoms with Crippen molar-refractivity contribution in [3.05, 3.63) is 58.7 Å². The fourth-order valence-electron chi connectivity index (χ4n) is 2.49. The minimum absolute atomic E-state index is 0.100. The lowest BCUT2D eigenvalue weighted by atomic mass is 10.1. The molecule has 0 heterocycles. The molecule has 0 aromatic heterocycles. The van der Waals surface area contributed by atoms with Crippen LogP contribution in [-0.4, -0.2) is 62.3 Å². The van der Waals surface area contributed by atoms with Crippen molar-refractivity contribution in [2.75, 3.05) is 28.3 Å². The molecule has 2 rings (SSSR count). The minimum Gasteiger partial charge on any atom is -0.496 e. The van der Waals surface area contributed by atoms with Crippen LogP contribution in [0, 0.1) is 0 Å². The molecule has 0 aliphatic carbocycles. The zero-order valence-corrected chi connectivity index (χ0v) is 28.6. The van der Waals surface area contributed by atoms with Gasteiger partial charge < -0.3 is 35.1 Å². The van der Waals surface area contributed by atoms with Crippen molar-refractivity contribution in [3.8, 4) is 11.5 Å². The summed E-state index contributed by atoms with van der Waals surface area (Å²) in [6.45, 7) is 18.5. The van der Waals surface area contributed by atoms with E-state index >= 15 is 0 Å². The van der Waals surface area contributed by atoms with E-state index in [-0.39, 0.29) is 31.0 Å². The number of rotatable bonds is 7. The Balaban J connectivity index is -0.000000166. The largest absolute Gasteiger partial charge is 0.496 e. The highest BCUT2D eigenvalue weighted by Gasteiger charge is 2.10. The van der Waals surface area contributed by atoms with Crippen molar-refractivity contribution in [2.24, 2.45) is 0 Å². The van der Waals surface area contributed by atoms with E-state index in [1.54, 1.807) is 50.5 Å². The van der Waals surface area contributed by atoms with Gasteiger partial charge in [-0.15, -0.1) is 0 Å². The summed E-state index contributed by atoms with van der Waals surface area (Å²) in [5, 5.41) is 21.4. The zero-order chi connectivity index (χ0) is 35.0. The Kier molecular flexibility index (Phi) is 38.5. The molecule has 248 valence electrons. The van der Waals surface area contributed by atoms with E-state index in [1.807, 2.05) is 55.4 Å². The third kappa shape index (κ3) is 24.2. The molecular formula is C32H56N2O9. The van der Waals surface area contributed by atoms with Gasteiger partial charge >= 0.3 is 5.97 Å². The van der Waals surface area contributed by atoms with Crippen LogP contribution >= 0.6 is 0 Å². The van der Waals surface area contributed by atoms with Crippen molar-refractivity contribution < 1.29 is 43.6 Å². The Morgan fingerprint density at radius 3 is 1.28 bits per heavy atom. The molecule has 0 aliphatic heterocycles. The average Bonchev–Trinajstić information content (AvgIpc) is 3.06. The first-order valence-corrected chi connectivity index (χ1v) is 14.3. The fourth-order valence-corrected chi connectivity index (χ4v) is 2.49. The quantitative estimate of drug-likeness (QED) is 0.281. The van der Waals surface area contributed by atoms with E-state index in [0.29, 0.717) is 28.2 Å². The van der Waals surface area contributed by atoms with Gasteiger partial charge in [0, 0.05) is 50.2 Å². The van der Waals surface area contributed by atoms with Gasteiger partial charge in [-0.25, -0.2) is 0 Å². The molecule has 4 N–H and O–H groups in total. The number of hydrogen-bond donors (Lipinski definition) is 4. The number of aliphatic hydroxyl groups excluding tert-OH is 1. The summed E-state index contributed by atoms with van der Waals surface area (Å²) >= 11 is 0. The van der Waals surface area contributed by atoms with Gasteiger partial charge in [-0.2, -0.15) is 0 Å². The number of nitrogens with one attached hydrogen (secondary N) is 2. The first-order chi connectivity index (χ1) is 20.5. The lowest BCUT2D eigenvalue weighted by Gasteiger charge is -2.10. The van der Waals surface area contributed by atoms with Crippen LogP contribution in [0.4, 0.5) is 0 Å². The summed E-state index contributed by atoms with van der Waals surface area (Å²) in [6.07, 6.45) is 0. The summed E-state index contributed by atoms with van der Waals surface area (Å²) in [5.74, 6) is -0.515. The second-order valence-corrected chi connectivity index (χ2v) is 6.67. The average molecular weight is 613 g/mol. The lowest BCUT2D eigenvalue weighted by Crippen LogP contribution is -2.17. The molecule has 2 amide bonds. The van der Waals surface area contributed by atoms with Gasteiger partial charge in [0.15, 0.2) is 0 Å². The summed E-state index contributed by atoms with van der Waals surface area (Å²) in [7, 11) is 6.12. The minimum atomic E-state index is -0.833. The normalized spacial score (nSPS) is 8.07. The maximum absolute atomic E-state index is 11.4. The smallest absolute Gasteiger partial charge is 0.302 e. The van der Waals surface area contributed by atoms with Gasteiger partial charge in [0.2, 0.25) is 0 Å². The highest BCUT2D eigenvalue weighted by atomic mass is 16.5. The molecular weight excluding hydrogens is 556 g/mol. The fraction of sp³-hybridized carbons (Fsp3) is 0.500. The molecule has 0 atom stereocenters. The Bertz CT molecular complexity index is 1010. The number of carbonyl (C=O) groups excluding carboxylic acids is 3. The molecule has 43 heavy (non-hydrogen) atoms. The molecule has 0 radical (unpaired) electrons. The van der Waals surface area contributed by atoms with Crippen molar-refractivity contribution >= 4 is 23.8 Å². The van der Waals surface area contributed by atoms with Gasteiger partial charge in [0.25, 0.3) is 17.8 Å². The maximum Gasteiger partial charge on any atom is 0.302 e. The van der Waals surface area contributed by atoms with Crippen LogP contribution in [0.2, 0.25) is 0 Å². The zero-order valence-electron chi connectivity index (χ0n) is 28.6. The lowest BCUT2D eigenvalue weighted by molar-refractivity contribution is -0.142. The molecule has 0 spiro atoms. The molecule has 0 aliphatic rings. The highest BCUT2D eigenvalue weighted by Crippen LogP contribution is 2.21. The molecule has 2 aromatic rings. The molecule has 11 nitrogen and oxygen atoms in total. The van der Waals surface area contributed by atoms with Gasteiger partial charge in [-0.3, -0.25) is 19.2 Å². The first kappa shape index (κ1) is 48.6. The number of methoxy groups -OCH3 is 2. The van der Waals surface area contributed by atoms with E-state index in [4.69, 9.17) is 29.2 Å². The van der Waals surface area contributed by atoms with E-state index < -0.39 is 5.97 Å². The summed E-state index contributed by atoms with van der Waals surface area (Å²) in [5.41, 5.74) is 2.40. The molecule has 0 fully saturated rings. The van der Waals surface area contributed by atoms with Crippen LogP contribution in [0.1, 0.15) is 101 Å². The van der Waals surface area contributed by atoms with Crippen LogP contribution in [-0.2, 0) is 27.5 Å². The van der Waals surface area contributed by atoms with Gasteiger partial charge in [-0.05, 0) is 24.3 Å². The van der Waals surface area contributed by atoms with Gasteiger partial charge in [0.1, 0.15) is 18.1 Å². The number of esters is 1. The van der Waals surface area contributed by atoms with Crippen molar-refractivity contribution in [2.45, 2.75) is 82.5 Å². The van der Waals surface area contributed by atoms with E-state index in [2.05, 4.69) is 10.6 Å². The number of aliphatic hydroxyl groups is 1. The SMILES string of the molecule is CC.CC.CC.CC.CC(=O)O.CNC(=O)c1ccc(CO)c(OC)c1.CNC(=O)c1ccc(COC(C)=O)c(OC)c1. The third-order valence-electron chi connectivity index (χ3n) is 4.15. The molecule has 0 saturated heterocycles. The van der Waals surface area contributed by atoms with E-state index in [1.165, 1.54) is 21.1 Å². The van der Waals surface area contributed by atoms with E-state index in [9.17, 15) is 14.4 Å². The topological polar surface area (TPSA) is 160 Å². The van der Waals surface area contributed by atoms with Crippen molar-refractivity contribution in [1.29, 1.82) is 0 Å². The number of ether oxygens (including phenoxy) is 3. The predicted molar refractivity (Wildman–Crippen MR) is 173 cm³/mol. The molecule has 0 unspecified atom stereocenters. The number of hydrogen-bond acceptors (Lipinski definition) is 8. The van der Waals surface area contributed by atoms with E-state index in [0.717, 1.165) is 12.5 Å². The second-order valence-electron chi connectivity index (χ2n) is 6.67. The summed E-state index contributed by atoms with van der Waals surface area (Å²) in [4.78, 5) is 42.4. The highest BCUT2D eigenvalue weighted by molar-refractivity contribution is 5.95. The third-order valence-corrected chi connectivity index (χ3v) is 4.15. The standard InChI is InChI=1S/C12H15NO4.C10H13NO3.C2H4O2.4C2H6/c1-8(14)17-7-10-5-4-9(12(15)13-2)6-11(10)16-3;1-11-10(13)7-3-4-8(6-12)9(5-7)14-2;1-2(3)4;4*1-2/h4-6H,7H2,1-3H3,(H,13,15);3-5,12H,6H2,1-2H3,(H,11,13);1H3,(H,3,4);4*1-2H3. The Morgan fingerprint density at radius 2 is 1.00 bits per heavy atom. The molecule has 2 aromatic carbocycles. The first-order valence-electron chi connectivity index (χ1n) is 14.3. The van der Waals surface area contributed by atoms with Crippen LogP contribution in [0.5, 0.6) is 11.5 Å². The summed E-state index contributed by atoms with van der Waals surface area (Å²) < 4.78 is 15.1. The van der Waals surface area contributed by atoms with Crippen LogP contribution < -0.4 is 20.1 Å². The molecule has 0 saturated carbocycles. The van der Waals surface area contributed by atoms with Crippen LogP contribution in [0.15, 0.2) is 36.4 Å². The number of carboxylic acid groups (broad SMARTS) is 1. The number of benzene rings is 2.